The summed E-state index contributed by atoms with van der Waals surface area (Å²) in [4.78, 5) is 15.3. The number of fused-ring (bicyclic) bond motifs is 1. The number of rotatable bonds is 5. The zero-order valence-electron chi connectivity index (χ0n) is 13.0. The van der Waals surface area contributed by atoms with Crippen LogP contribution < -0.4 is 10.5 Å². The Morgan fingerprint density at radius 3 is 2.71 bits per heavy atom. The van der Waals surface area contributed by atoms with Crippen molar-refractivity contribution in [2.24, 2.45) is 0 Å². The molecule has 1 aromatic heterocycles. The average Bonchev–Trinajstić information content (AvgIpc) is 2.81. The van der Waals surface area contributed by atoms with Gasteiger partial charge in [-0.2, -0.15) is 0 Å². The quantitative estimate of drug-likeness (QED) is 0.915. The highest BCUT2D eigenvalue weighted by molar-refractivity contribution is 7.21. The van der Waals surface area contributed by atoms with Gasteiger partial charge < -0.3 is 15.4 Å². The Balaban J connectivity index is 2.51. The minimum Gasteiger partial charge on any atom is -0.496 e. The molecule has 0 unspecified atom stereocenters. The zero-order chi connectivity index (χ0) is 15.6. The summed E-state index contributed by atoms with van der Waals surface area (Å²) in [6.45, 7) is 6.86. The summed E-state index contributed by atoms with van der Waals surface area (Å²) in [6, 6.07) is 5.91. The summed E-state index contributed by atoms with van der Waals surface area (Å²) in [7, 11) is 1.62. The van der Waals surface area contributed by atoms with Crippen molar-refractivity contribution in [2.75, 3.05) is 19.4 Å². The van der Waals surface area contributed by atoms with Gasteiger partial charge in [-0.15, -0.1) is 11.3 Å². The molecule has 0 radical (unpaired) electrons. The Hall–Kier alpha value is -1.75. The maximum absolute atomic E-state index is 12.8. The highest BCUT2D eigenvalue weighted by atomic mass is 32.1. The number of amides is 1. The van der Waals surface area contributed by atoms with E-state index >= 15 is 0 Å². The van der Waals surface area contributed by atoms with Gasteiger partial charge in [0.05, 0.1) is 18.2 Å². The highest BCUT2D eigenvalue weighted by Crippen LogP contribution is 2.40. The molecule has 1 amide bonds. The molecule has 0 spiro atoms. The van der Waals surface area contributed by atoms with Gasteiger partial charge in [0.1, 0.15) is 10.6 Å². The van der Waals surface area contributed by atoms with E-state index in [0.717, 1.165) is 23.1 Å². The number of nitrogens with two attached hydrogens (primary N) is 1. The second kappa shape index (κ2) is 6.35. The Bertz CT molecular complexity index is 649. The first-order valence-corrected chi connectivity index (χ1v) is 7.98. The third-order valence-electron chi connectivity index (χ3n) is 3.48. The van der Waals surface area contributed by atoms with Crippen molar-refractivity contribution < 1.29 is 9.53 Å². The lowest BCUT2D eigenvalue weighted by Gasteiger charge is -2.26. The normalized spacial score (nSPS) is 11.1. The molecule has 0 aliphatic rings. The molecule has 5 heteroatoms. The lowest BCUT2D eigenvalue weighted by molar-refractivity contribution is 0.0712. The smallest absolute Gasteiger partial charge is 0.266 e. The van der Waals surface area contributed by atoms with E-state index in [1.165, 1.54) is 11.3 Å². The minimum atomic E-state index is 0.00704. The van der Waals surface area contributed by atoms with Crippen molar-refractivity contribution in [3.8, 4) is 5.75 Å². The monoisotopic (exact) mass is 306 g/mol. The number of anilines is 1. The van der Waals surface area contributed by atoms with Crippen LogP contribution in [0.3, 0.4) is 0 Å². The fraction of sp³-hybridized carbons (Fsp3) is 0.438. The number of carbonyl (C=O) groups excluding carboxylic acids is 1. The van der Waals surface area contributed by atoms with Crippen molar-refractivity contribution in [1.29, 1.82) is 0 Å². The van der Waals surface area contributed by atoms with Gasteiger partial charge in [-0.25, -0.2) is 0 Å². The van der Waals surface area contributed by atoms with E-state index in [4.69, 9.17) is 10.5 Å². The summed E-state index contributed by atoms with van der Waals surface area (Å²) in [5, 5.41) is 0.841. The third kappa shape index (κ3) is 2.83. The van der Waals surface area contributed by atoms with Crippen molar-refractivity contribution in [3.63, 3.8) is 0 Å². The summed E-state index contributed by atoms with van der Waals surface area (Å²) in [6.07, 6.45) is 0.929. The van der Waals surface area contributed by atoms with Crippen LogP contribution in [0, 0.1) is 0 Å². The molecular weight excluding hydrogens is 284 g/mol. The lowest BCUT2D eigenvalue weighted by Crippen LogP contribution is -2.37. The Morgan fingerprint density at radius 2 is 2.14 bits per heavy atom. The van der Waals surface area contributed by atoms with Crippen molar-refractivity contribution in [3.05, 3.63) is 23.1 Å². The van der Waals surface area contributed by atoms with Crippen molar-refractivity contribution in [1.82, 2.24) is 4.90 Å². The van der Waals surface area contributed by atoms with E-state index in [-0.39, 0.29) is 11.9 Å². The molecule has 0 fully saturated rings. The second-order valence-electron chi connectivity index (χ2n) is 5.27. The van der Waals surface area contributed by atoms with Crippen LogP contribution in [0.1, 0.15) is 36.9 Å². The van der Waals surface area contributed by atoms with Gasteiger partial charge in [0, 0.05) is 17.3 Å². The SMILES string of the molecule is CCCN(C(=O)c1sc2cccc(OC)c2c1N)C(C)C. The molecular formula is C16H22N2O2S. The van der Waals surface area contributed by atoms with Crippen LogP contribution in [0.2, 0.25) is 0 Å². The predicted octanol–water partition coefficient (Wildman–Crippen LogP) is 3.75. The fourth-order valence-corrected chi connectivity index (χ4v) is 3.53. The van der Waals surface area contributed by atoms with E-state index in [2.05, 4.69) is 6.92 Å². The maximum atomic E-state index is 12.8. The van der Waals surface area contributed by atoms with E-state index in [0.29, 0.717) is 16.3 Å². The molecule has 114 valence electrons. The number of thiophene rings is 1. The zero-order valence-corrected chi connectivity index (χ0v) is 13.8. The molecule has 2 aromatic rings. The van der Waals surface area contributed by atoms with Crippen LogP contribution in [0.5, 0.6) is 5.75 Å². The Kier molecular flexibility index (Phi) is 4.73. The van der Waals surface area contributed by atoms with Crippen molar-refractivity contribution >= 4 is 33.0 Å². The number of carbonyl (C=O) groups is 1. The maximum Gasteiger partial charge on any atom is 0.266 e. The van der Waals surface area contributed by atoms with Crippen LogP contribution in [0.4, 0.5) is 5.69 Å². The summed E-state index contributed by atoms with van der Waals surface area (Å²) >= 11 is 1.44. The first-order chi connectivity index (χ1) is 10.0. The van der Waals surface area contributed by atoms with E-state index in [1.807, 2.05) is 36.9 Å². The van der Waals surface area contributed by atoms with Gasteiger partial charge in [0.25, 0.3) is 5.91 Å². The Morgan fingerprint density at radius 1 is 1.43 bits per heavy atom. The predicted molar refractivity (Wildman–Crippen MR) is 89.3 cm³/mol. The van der Waals surface area contributed by atoms with Gasteiger partial charge in [-0.05, 0) is 32.4 Å². The van der Waals surface area contributed by atoms with Crippen molar-refractivity contribution in [2.45, 2.75) is 33.2 Å². The lowest BCUT2D eigenvalue weighted by atomic mass is 10.2. The molecule has 2 rings (SSSR count). The molecule has 0 saturated carbocycles. The van der Waals surface area contributed by atoms with Gasteiger partial charge in [-0.1, -0.05) is 13.0 Å². The average molecular weight is 306 g/mol. The van der Waals surface area contributed by atoms with Crippen LogP contribution >= 0.6 is 11.3 Å². The third-order valence-corrected chi connectivity index (χ3v) is 4.64. The van der Waals surface area contributed by atoms with E-state index in [1.54, 1.807) is 7.11 Å². The molecule has 0 atom stereocenters. The van der Waals surface area contributed by atoms with Gasteiger partial charge in [-0.3, -0.25) is 4.79 Å². The van der Waals surface area contributed by atoms with Crippen LogP contribution in [-0.4, -0.2) is 30.5 Å². The van der Waals surface area contributed by atoms with Crippen LogP contribution in [0.25, 0.3) is 10.1 Å². The van der Waals surface area contributed by atoms with Gasteiger partial charge >= 0.3 is 0 Å². The topological polar surface area (TPSA) is 55.6 Å². The number of nitrogens with zero attached hydrogens (tertiary/aromatic N) is 1. The van der Waals surface area contributed by atoms with E-state index in [9.17, 15) is 4.79 Å². The number of hydrogen-bond donors (Lipinski definition) is 1. The molecule has 0 bridgehead atoms. The summed E-state index contributed by atoms with van der Waals surface area (Å²) < 4.78 is 6.34. The minimum absolute atomic E-state index is 0.00704. The molecule has 2 N–H and O–H groups in total. The van der Waals surface area contributed by atoms with Gasteiger partial charge in [0.15, 0.2) is 0 Å². The van der Waals surface area contributed by atoms with E-state index < -0.39 is 0 Å². The molecule has 0 saturated heterocycles. The standard InChI is InChI=1S/C16H22N2O2S/c1-5-9-18(10(2)3)16(19)15-14(17)13-11(20-4)7-6-8-12(13)21-15/h6-8,10H,5,9,17H2,1-4H3. The molecule has 21 heavy (non-hydrogen) atoms. The second-order valence-corrected chi connectivity index (χ2v) is 6.32. The Labute approximate surface area is 129 Å². The fourth-order valence-electron chi connectivity index (χ4n) is 2.43. The number of ether oxygens (including phenoxy) is 1. The van der Waals surface area contributed by atoms with Gasteiger partial charge in [0.2, 0.25) is 0 Å². The molecule has 1 aromatic carbocycles. The largest absolute Gasteiger partial charge is 0.496 e. The molecule has 1 heterocycles. The number of hydrogen-bond acceptors (Lipinski definition) is 4. The number of benzene rings is 1. The van der Waals surface area contributed by atoms with Crippen LogP contribution in [0.15, 0.2) is 18.2 Å². The molecule has 0 aliphatic carbocycles. The molecule has 4 nitrogen and oxygen atoms in total. The highest BCUT2D eigenvalue weighted by Gasteiger charge is 2.24. The molecule has 0 aliphatic heterocycles. The number of methoxy groups -OCH3 is 1. The first kappa shape index (κ1) is 15.6. The number of nitrogen functional groups attached to an aromatic ring is 1. The van der Waals surface area contributed by atoms with Crippen LogP contribution in [-0.2, 0) is 0 Å². The summed E-state index contributed by atoms with van der Waals surface area (Å²) in [5.74, 6) is 0.722. The first-order valence-electron chi connectivity index (χ1n) is 7.17. The summed E-state index contributed by atoms with van der Waals surface area (Å²) in [5.41, 5.74) is 6.76.